The highest BCUT2D eigenvalue weighted by molar-refractivity contribution is 6.42. The maximum Gasteiger partial charge on any atom is 0.387 e. The average molecular weight is 527 g/mol. The molecule has 1 aliphatic rings. The molecule has 1 aliphatic heterocycles. The van der Waals surface area contributed by atoms with E-state index in [1.54, 1.807) is 36.2 Å². The van der Waals surface area contributed by atoms with Gasteiger partial charge in [-0.05, 0) is 31.2 Å². The van der Waals surface area contributed by atoms with Crippen molar-refractivity contribution in [1.82, 2.24) is 9.91 Å². The lowest BCUT2D eigenvalue weighted by Gasteiger charge is -2.28. The largest absolute Gasteiger partial charge is 0.432 e. The van der Waals surface area contributed by atoms with Gasteiger partial charge in [0.1, 0.15) is 0 Å². The Kier molecular flexibility index (Phi) is 8.43. The summed E-state index contributed by atoms with van der Waals surface area (Å²) in [5, 5.41) is 18.2. The normalized spacial score (nSPS) is 15.6. The van der Waals surface area contributed by atoms with E-state index in [9.17, 15) is 23.2 Å². The number of hydrogen-bond acceptors (Lipinski definition) is 5. The van der Waals surface area contributed by atoms with Gasteiger partial charge >= 0.3 is 6.61 Å². The minimum atomic E-state index is -3.23. The summed E-state index contributed by atoms with van der Waals surface area (Å²) in [6.07, 6.45) is 1.60. The zero-order chi connectivity index (χ0) is 25.7. The van der Waals surface area contributed by atoms with Crippen molar-refractivity contribution < 1.29 is 22.7 Å². The van der Waals surface area contributed by atoms with Crippen LogP contribution >= 0.6 is 23.2 Å². The average Bonchev–Trinajstić information content (AvgIpc) is 3.22. The Bertz CT molecular complexity index is 1220. The highest BCUT2D eigenvalue weighted by atomic mass is 35.5. The molecule has 13 heteroatoms. The number of nitriles is 1. The van der Waals surface area contributed by atoms with Crippen LogP contribution in [0.4, 0.5) is 18.9 Å². The van der Waals surface area contributed by atoms with Crippen molar-refractivity contribution in [2.45, 2.75) is 26.5 Å². The number of guanidine groups is 1. The van der Waals surface area contributed by atoms with Crippen molar-refractivity contribution in [2.24, 2.45) is 10.1 Å². The van der Waals surface area contributed by atoms with Gasteiger partial charge in [-0.15, -0.1) is 4.99 Å². The molecule has 184 valence electrons. The monoisotopic (exact) mass is 526 g/mol. The van der Waals surface area contributed by atoms with E-state index >= 15 is 0 Å². The molecule has 1 N–H and O–H groups in total. The quantitative estimate of drug-likeness (QED) is 0.327. The van der Waals surface area contributed by atoms with Gasteiger partial charge < -0.3 is 15.0 Å². The number of ether oxygens (including phenoxy) is 1. The number of rotatable bonds is 6. The first-order chi connectivity index (χ1) is 16.7. The van der Waals surface area contributed by atoms with Gasteiger partial charge in [0.15, 0.2) is 11.6 Å². The maximum atomic E-state index is 14.7. The molecular weight excluding hydrogens is 508 g/mol. The predicted octanol–water partition coefficient (Wildman–Crippen LogP) is 4.94. The summed E-state index contributed by atoms with van der Waals surface area (Å²) < 4.78 is 44.1. The number of nitrogens with zero attached hydrogens (tertiary/aromatic N) is 5. The Morgan fingerprint density at radius 2 is 2.11 bits per heavy atom. The summed E-state index contributed by atoms with van der Waals surface area (Å²) in [6.45, 7) is 0.393. The number of carbonyl (C=O) groups excluding carboxylic acids is 1. The fraction of sp³-hybridized carbons (Fsp3) is 0.273. The molecule has 1 amide bonds. The van der Waals surface area contributed by atoms with E-state index in [0.717, 1.165) is 6.07 Å². The first kappa shape index (κ1) is 26.1. The first-order valence-corrected chi connectivity index (χ1v) is 11.0. The molecule has 2 aromatic rings. The summed E-state index contributed by atoms with van der Waals surface area (Å²) in [5.41, 5.74) is 0.732. The summed E-state index contributed by atoms with van der Waals surface area (Å²) >= 11 is 12.2. The van der Waals surface area contributed by atoms with Crippen LogP contribution in [0.15, 0.2) is 46.5 Å². The van der Waals surface area contributed by atoms with Crippen LogP contribution in [0.1, 0.15) is 19.4 Å². The van der Waals surface area contributed by atoms with Crippen molar-refractivity contribution in [3.05, 3.63) is 57.8 Å². The van der Waals surface area contributed by atoms with Crippen LogP contribution in [0.2, 0.25) is 10.0 Å². The van der Waals surface area contributed by atoms with Crippen LogP contribution in [0, 0.1) is 17.3 Å². The molecule has 35 heavy (non-hydrogen) atoms. The molecule has 1 atom stereocenters. The van der Waals surface area contributed by atoms with Crippen molar-refractivity contribution >= 4 is 46.5 Å². The second-order valence-electron chi connectivity index (χ2n) is 7.17. The molecule has 1 heterocycles. The molecule has 0 saturated heterocycles. The number of halogens is 5. The highest BCUT2D eigenvalue weighted by Crippen LogP contribution is 2.29. The lowest BCUT2D eigenvalue weighted by molar-refractivity contribution is -0.129. The van der Waals surface area contributed by atoms with Crippen LogP contribution in [-0.2, 0) is 4.79 Å². The Labute approximate surface area is 209 Å². The molecule has 0 saturated carbocycles. The standard InChI is InChI=1S/C22H19Cl2F3N6O2/c1-3-32(12(2)34)17-10-33(31-20(17)13-7-8-14(23)15(24)9-13)22(29-11-28)30-16-5-4-6-18(19(16)25)35-21(26)27/h4-9,17,21H,3,10H2,1-2H3,(H,29,30). The Morgan fingerprint density at radius 1 is 1.37 bits per heavy atom. The van der Waals surface area contributed by atoms with E-state index in [1.165, 1.54) is 24.1 Å². The third-order valence-corrected chi connectivity index (χ3v) is 5.79. The number of likely N-dealkylation sites (N-methyl/N-ethyl adjacent to an activating group) is 1. The third kappa shape index (κ3) is 5.96. The molecule has 0 fully saturated rings. The molecule has 0 aromatic heterocycles. The molecule has 2 aromatic carbocycles. The molecule has 3 rings (SSSR count). The van der Waals surface area contributed by atoms with Gasteiger partial charge in [-0.25, -0.2) is 9.40 Å². The molecule has 0 radical (unpaired) electrons. The Morgan fingerprint density at radius 3 is 2.71 bits per heavy atom. The van der Waals surface area contributed by atoms with Crippen LogP contribution in [0.5, 0.6) is 5.75 Å². The number of nitrogens with one attached hydrogen (secondary N) is 1. The topological polar surface area (TPSA) is 93.3 Å². The summed E-state index contributed by atoms with van der Waals surface area (Å²) in [4.78, 5) is 17.5. The zero-order valence-corrected chi connectivity index (χ0v) is 20.0. The molecule has 0 spiro atoms. The molecule has 0 aliphatic carbocycles. The van der Waals surface area contributed by atoms with E-state index in [0.29, 0.717) is 22.8 Å². The van der Waals surface area contributed by atoms with E-state index in [-0.39, 0.29) is 29.1 Å². The number of anilines is 1. The van der Waals surface area contributed by atoms with E-state index in [1.807, 2.05) is 0 Å². The number of alkyl halides is 2. The van der Waals surface area contributed by atoms with Crippen LogP contribution in [0.3, 0.4) is 0 Å². The molecule has 1 unspecified atom stereocenters. The van der Waals surface area contributed by atoms with E-state index < -0.39 is 24.2 Å². The van der Waals surface area contributed by atoms with Crippen molar-refractivity contribution in [3.8, 4) is 11.9 Å². The minimum Gasteiger partial charge on any atom is -0.432 e. The number of benzene rings is 2. The fourth-order valence-corrected chi connectivity index (χ4v) is 3.85. The zero-order valence-electron chi connectivity index (χ0n) is 18.5. The molecule has 0 bridgehead atoms. The molecular formula is C22H19Cl2F3N6O2. The van der Waals surface area contributed by atoms with Crippen LogP contribution in [0.25, 0.3) is 0 Å². The SMILES string of the molecule is CCN(C(C)=O)C1CN(/C(=N\C#N)Nc2cccc(OC(F)F)c2F)N=C1c1ccc(Cl)c(Cl)c1. The van der Waals surface area contributed by atoms with Crippen LogP contribution in [-0.4, -0.2) is 53.2 Å². The Hall–Kier alpha value is -3.49. The highest BCUT2D eigenvalue weighted by Gasteiger charge is 2.36. The number of carbonyl (C=O) groups is 1. The van der Waals surface area contributed by atoms with Crippen molar-refractivity contribution in [2.75, 3.05) is 18.4 Å². The fourth-order valence-electron chi connectivity index (χ4n) is 3.55. The Balaban J connectivity index is 2.01. The summed E-state index contributed by atoms with van der Waals surface area (Å²) in [7, 11) is 0. The van der Waals surface area contributed by atoms with Crippen molar-refractivity contribution in [1.29, 1.82) is 5.26 Å². The van der Waals surface area contributed by atoms with Gasteiger partial charge in [0.05, 0.1) is 34.0 Å². The summed E-state index contributed by atoms with van der Waals surface area (Å²) in [6, 6.07) is 7.86. The van der Waals surface area contributed by atoms with Gasteiger partial charge in [-0.1, -0.05) is 35.3 Å². The molecule has 8 nitrogen and oxygen atoms in total. The van der Waals surface area contributed by atoms with Gasteiger partial charge in [0.25, 0.3) is 0 Å². The maximum absolute atomic E-state index is 14.7. The lowest BCUT2D eigenvalue weighted by atomic mass is 10.0. The van der Waals surface area contributed by atoms with Gasteiger partial charge in [-0.3, -0.25) is 4.79 Å². The third-order valence-electron chi connectivity index (χ3n) is 5.05. The number of hydrogen-bond donors (Lipinski definition) is 1. The second-order valence-corrected chi connectivity index (χ2v) is 7.99. The summed E-state index contributed by atoms with van der Waals surface area (Å²) in [5.74, 6) is -2.21. The van der Waals surface area contributed by atoms with Gasteiger partial charge in [0.2, 0.25) is 18.1 Å². The number of aliphatic imine (C=N–C) groups is 1. The number of hydrazone groups is 1. The van der Waals surface area contributed by atoms with Crippen molar-refractivity contribution in [3.63, 3.8) is 0 Å². The number of amides is 1. The predicted molar refractivity (Wildman–Crippen MR) is 126 cm³/mol. The van der Waals surface area contributed by atoms with E-state index in [2.05, 4.69) is 20.1 Å². The minimum absolute atomic E-state index is 0.0609. The van der Waals surface area contributed by atoms with E-state index in [4.69, 9.17) is 23.2 Å². The smallest absolute Gasteiger partial charge is 0.387 e. The second kappa shape index (κ2) is 11.3. The first-order valence-electron chi connectivity index (χ1n) is 10.2. The lowest BCUT2D eigenvalue weighted by Crippen LogP contribution is -2.46. The van der Waals surface area contributed by atoms with Crippen LogP contribution < -0.4 is 10.1 Å². The van der Waals surface area contributed by atoms with Gasteiger partial charge in [0, 0.05) is 19.0 Å². The van der Waals surface area contributed by atoms with Gasteiger partial charge in [-0.2, -0.15) is 19.1 Å².